The number of hydrogen-bond donors (Lipinski definition) is 0. The molecule has 0 amide bonds. The van der Waals surface area contributed by atoms with Gasteiger partial charge in [0.15, 0.2) is 0 Å². The summed E-state index contributed by atoms with van der Waals surface area (Å²) in [5, 5.41) is 10.2. The highest BCUT2D eigenvalue weighted by Crippen LogP contribution is 2.38. The topological polar surface area (TPSA) is 60.2 Å². The molecule has 1 saturated carbocycles. The maximum atomic E-state index is 11.1. The molecule has 1 aliphatic rings. The van der Waals surface area contributed by atoms with E-state index in [-0.39, 0.29) is 17.4 Å². The van der Waals surface area contributed by atoms with Crippen LogP contribution >= 0.6 is 11.6 Å². The van der Waals surface area contributed by atoms with E-state index in [0.29, 0.717) is 12.8 Å². The zero-order valence-electron chi connectivity index (χ0n) is 9.36. The van der Waals surface area contributed by atoms with Crippen molar-refractivity contribution in [3.63, 3.8) is 0 Å². The zero-order valence-corrected chi connectivity index (χ0v) is 10.1. The second-order valence-electron chi connectivity index (χ2n) is 4.54. The lowest BCUT2D eigenvalue weighted by atomic mass is 9.78. The van der Waals surface area contributed by atoms with Crippen LogP contribution in [-0.4, -0.2) is 22.6 Å². The van der Waals surface area contributed by atoms with Gasteiger partial charge < -0.3 is 4.79 Å². The molecule has 0 heterocycles. The van der Waals surface area contributed by atoms with Crippen molar-refractivity contribution in [2.45, 2.75) is 49.8 Å². The molecule has 92 valence electrons. The first-order valence-corrected chi connectivity index (χ1v) is 6.23. The van der Waals surface area contributed by atoms with E-state index in [1.165, 1.54) is 6.42 Å². The molecule has 0 radical (unpaired) electrons. The first-order valence-electron chi connectivity index (χ1n) is 5.85. The van der Waals surface area contributed by atoms with Gasteiger partial charge in [-0.1, -0.05) is 19.3 Å². The predicted molar refractivity (Wildman–Crippen MR) is 62.3 cm³/mol. The van der Waals surface area contributed by atoms with Crippen molar-refractivity contribution < 1.29 is 9.72 Å². The Kier molecular flexibility index (Phi) is 5.19. The van der Waals surface area contributed by atoms with Crippen LogP contribution in [0.2, 0.25) is 0 Å². The molecule has 1 rings (SSSR count). The van der Waals surface area contributed by atoms with Crippen LogP contribution in [0.15, 0.2) is 0 Å². The molecule has 1 atom stereocenters. The summed E-state index contributed by atoms with van der Waals surface area (Å²) in [5.74, 6) is 0.201. The van der Waals surface area contributed by atoms with E-state index in [0.717, 1.165) is 32.0 Å². The van der Waals surface area contributed by atoms with Crippen LogP contribution in [0.3, 0.4) is 0 Å². The Hall–Kier alpha value is -0.640. The lowest BCUT2D eigenvalue weighted by Gasteiger charge is -2.33. The molecule has 0 aromatic rings. The third-order valence-corrected chi connectivity index (χ3v) is 3.97. The Bertz CT molecular complexity index is 254. The summed E-state index contributed by atoms with van der Waals surface area (Å²) < 4.78 is 0. The Labute approximate surface area is 101 Å². The van der Waals surface area contributed by atoms with Crippen molar-refractivity contribution in [3.05, 3.63) is 10.1 Å². The van der Waals surface area contributed by atoms with E-state index in [4.69, 9.17) is 11.6 Å². The average molecular weight is 248 g/mol. The molecular weight excluding hydrogens is 230 g/mol. The van der Waals surface area contributed by atoms with E-state index < -0.39 is 4.87 Å². The highest BCUT2D eigenvalue weighted by Gasteiger charge is 2.37. The Balaban J connectivity index is 2.47. The SMILES string of the molecule is O=CC(Cl)(CCC[N+](=O)[O-])C1CCCCC1. The summed E-state index contributed by atoms with van der Waals surface area (Å²) in [4.78, 5) is 20.1. The minimum absolute atomic E-state index is 0.102. The molecule has 0 bridgehead atoms. The van der Waals surface area contributed by atoms with Crippen LogP contribution in [-0.2, 0) is 4.79 Å². The fourth-order valence-electron chi connectivity index (χ4n) is 2.42. The summed E-state index contributed by atoms with van der Waals surface area (Å²) in [6, 6.07) is 0. The number of halogens is 1. The summed E-state index contributed by atoms with van der Waals surface area (Å²) in [6.45, 7) is -0.102. The van der Waals surface area contributed by atoms with Crippen LogP contribution in [0.5, 0.6) is 0 Å². The van der Waals surface area contributed by atoms with E-state index in [1.54, 1.807) is 0 Å². The molecule has 16 heavy (non-hydrogen) atoms. The molecule has 1 aliphatic carbocycles. The fraction of sp³-hybridized carbons (Fsp3) is 0.909. The van der Waals surface area contributed by atoms with Gasteiger partial charge in [0.1, 0.15) is 11.2 Å². The molecule has 1 fully saturated rings. The van der Waals surface area contributed by atoms with E-state index >= 15 is 0 Å². The van der Waals surface area contributed by atoms with Crippen molar-refractivity contribution in [1.82, 2.24) is 0 Å². The number of hydrogen-bond acceptors (Lipinski definition) is 3. The van der Waals surface area contributed by atoms with Crippen molar-refractivity contribution in [1.29, 1.82) is 0 Å². The van der Waals surface area contributed by atoms with Crippen molar-refractivity contribution in [2.24, 2.45) is 5.92 Å². The molecule has 5 heteroatoms. The molecule has 4 nitrogen and oxygen atoms in total. The predicted octanol–water partition coefficient (Wildman–Crippen LogP) is 2.80. The second kappa shape index (κ2) is 6.18. The Morgan fingerprint density at radius 3 is 2.50 bits per heavy atom. The molecule has 1 unspecified atom stereocenters. The maximum Gasteiger partial charge on any atom is 0.203 e. The molecule has 0 N–H and O–H groups in total. The molecular formula is C11H18ClNO3. The van der Waals surface area contributed by atoms with Gasteiger partial charge in [0.25, 0.3) is 0 Å². The van der Waals surface area contributed by atoms with Gasteiger partial charge in [-0.15, -0.1) is 11.6 Å². The maximum absolute atomic E-state index is 11.1. The molecule has 0 aromatic carbocycles. The average Bonchev–Trinajstić information content (AvgIpc) is 2.29. The summed E-state index contributed by atoms with van der Waals surface area (Å²) in [6.07, 6.45) is 6.98. The summed E-state index contributed by atoms with van der Waals surface area (Å²) in [5.41, 5.74) is 0. The van der Waals surface area contributed by atoms with Gasteiger partial charge in [-0.2, -0.15) is 0 Å². The van der Waals surface area contributed by atoms with Crippen LogP contribution < -0.4 is 0 Å². The number of alkyl halides is 1. The van der Waals surface area contributed by atoms with Gasteiger partial charge in [0.05, 0.1) is 0 Å². The number of nitrogens with zero attached hydrogens (tertiary/aromatic N) is 1. The molecule has 0 spiro atoms. The first kappa shape index (κ1) is 13.4. The van der Waals surface area contributed by atoms with E-state index in [9.17, 15) is 14.9 Å². The summed E-state index contributed by atoms with van der Waals surface area (Å²) >= 11 is 6.30. The highest BCUT2D eigenvalue weighted by atomic mass is 35.5. The van der Waals surface area contributed by atoms with Crippen molar-refractivity contribution in [3.8, 4) is 0 Å². The van der Waals surface area contributed by atoms with Crippen LogP contribution in [0.1, 0.15) is 44.9 Å². The Morgan fingerprint density at radius 2 is 2.00 bits per heavy atom. The minimum atomic E-state index is -0.865. The number of carbonyl (C=O) groups is 1. The second-order valence-corrected chi connectivity index (χ2v) is 5.24. The number of carbonyl (C=O) groups excluding carboxylic acids is 1. The fourth-order valence-corrected chi connectivity index (χ4v) is 2.77. The van der Waals surface area contributed by atoms with Crippen molar-refractivity contribution in [2.75, 3.05) is 6.54 Å². The zero-order chi connectivity index (χ0) is 12.0. The molecule has 0 aromatic heterocycles. The van der Waals surface area contributed by atoms with E-state index in [2.05, 4.69) is 0 Å². The lowest BCUT2D eigenvalue weighted by Crippen LogP contribution is -2.35. The largest absolute Gasteiger partial charge is 0.301 e. The quantitative estimate of drug-likeness (QED) is 0.314. The normalized spacial score (nSPS) is 21.3. The van der Waals surface area contributed by atoms with Crippen LogP contribution in [0.4, 0.5) is 0 Å². The standard InChI is InChI=1S/C11H18ClNO3/c12-11(9-14,7-4-8-13(15)16)10-5-2-1-3-6-10/h9-10H,1-8H2. The van der Waals surface area contributed by atoms with Gasteiger partial charge in [-0.05, 0) is 25.2 Å². The lowest BCUT2D eigenvalue weighted by molar-refractivity contribution is -0.480. The number of aldehydes is 1. The third kappa shape index (κ3) is 3.74. The minimum Gasteiger partial charge on any atom is -0.301 e. The van der Waals surface area contributed by atoms with Gasteiger partial charge in [-0.25, -0.2) is 0 Å². The smallest absolute Gasteiger partial charge is 0.203 e. The monoisotopic (exact) mass is 247 g/mol. The number of rotatable bonds is 6. The van der Waals surface area contributed by atoms with Crippen LogP contribution in [0.25, 0.3) is 0 Å². The molecule has 0 aliphatic heterocycles. The van der Waals surface area contributed by atoms with Gasteiger partial charge >= 0.3 is 0 Å². The molecule has 0 saturated heterocycles. The van der Waals surface area contributed by atoms with Gasteiger partial charge in [-0.3, -0.25) is 10.1 Å². The van der Waals surface area contributed by atoms with E-state index in [1.807, 2.05) is 0 Å². The first-order chi connectivity index (χ1) is 7.58. The van der Waals surface area contributed by atoms with Gasteiger partial charge in [0.2, 0.25) is 6.54 Å². The van der Waals surface area contributed by atoms with Gasteiger partial charge in [0, 0.05) is 11.3 Å². The Morgan fingerprint density at radius 1 is 1.38 bits per heavy atom. The third-order valence-electron chi connectivity index (χ3n) is 3.38. The van der Waals surface area contributed by atoms with Crippen LogP contribution in [0, 0.1) is 16.0 Å². The van der Waals surface area contributed by atoms with Crippen molar-refractivity contribution >= 4 is 17.9 Å². The highest BCUT2D eigenvalue weighted by molar-refractivity contribution is 6.31. The number of nitro groups is 1. The summed E-state index contributed by atoms with van der Waals surface area (Å²) in [7, 11) is 0.